The molecule has 1 heterocycles. The average molecular weight is 313 g/mol. The van der Waals surface area contributed by atoms with E-state index in [1.807, 2.05) is 0 Å². The van der Waals surface area contributed by atoms with Gasteiger partial charge in [0.1, 0.15) is 22.4 Å². The lowest BCUT2D eigenvalue weighted by Gasteiger charge is -2.27. The molecule has 2 unspecified atom stereocenters. The van der Waals surface area contributed by atoms with E-state index in [2.05, 4.69) is 4.99 Å². The molecule has 0 aromatic heterocycles. The number of hydrogen-bond donors (Lipinski definition) is 0. The molecule has 0 spiro atoms. The molecule has 7 nitrogen and oxygen atoms in total. The highest BCUT2D eigenvalue weighted by Gasteiger charge is 2.67. The first-order chi connectivity index (χ1) is 9.70. The summed E-state index contributed by atoms with van der Waals surface area (Å²) in [7, 11) is -2.22. The van der Waals surface area contributed by atoms with E-state index in [0.29, 0.717) is 0 Å². The molecule has 1 aliphatic carbocycles. The molecular formula is C12H12FN3O4S. The number of hydrogen-bond acceptors (Lipinski definition) is 5. The number of benzene rings is 1. The van der Waals surface area contributed by atoms with Gasteiger partial charge in [0.15, 0.2) is 0 Å². The van der Waals surface area contributed by atoms with Crippen molar-refractivity contribution in [1.29, 1.82) is 0 Å². The first-order valence-corrected chi connectivity index (χ1v) is 7.69. The molecule has 21 heavy (non-hydrogen) atoms. The second kappa shape index (κ2) is 4.00. The third-order valence-electron chi connectivity index (χ3n) is 4.05. The van der Waals surface area contributed by atoms with Gasteiger partial charge in [0.05, 0.1) is 4.92 Å². The van der Waals surface area contributed by atoms with Gasteiger partial charge in [0, 0.05) is 24.7 Å². The van der Waals surface area contributed by atoms with Crippen LogP contribution in [-0.4, -0.2) is 35.8 Å². The molecule has 1 fully saturated rings. The van der Waals surface area contributed by atoms with Gasteiger partial charge in [-0.25, -0.2) is 12.8 Å². The highest BCUT2D eigenvalue weighted by atomic mass is 32.2. The fourth-order valence-corrected chi connectivity index (χ4v) is 4.66. The monoisotopic (exact) mass is 313 g/mol. The lowest BCUT2D eigenvalue weighted by atomic mass is 10.0. The zero-order chi connectivity index (χ0) is 15.6. The quantitative estimate of drug-likeness (QED) is 0.609. The first-order valence-electron chi connectivity index (χ1n) is 6.19. The summed E-state index contributed by atoms with van der Waals surface area (Å²) in [6.07, 6.45) is 0.134. The minimum absolute atomic E-state index is 0.0299. The summed E-state index contributed by atoms with van der Waals surface area (Å²) in [5.74, 6) is -0.436. The zero-order valence-corrected chi connectivity index (χ0v) is 12.1. The van der Waals surface area contributed by atoms with E-state index in [1.165, 1.54) is 14.0 Å². The largest absolute Gasteiger partial charge is 0.270 e. The van der Waals surface area contributed by atoms with Crippen molar-refractivity contribution in [3.05, 3.63) is 39.7 Å². The Hall–Kier alpha value is -2.03. The van der Waals surface area contributed by atoms with E-state index in [0.717, 1.165) is 22.5 Å². The van der Waals surface area contributed by atoms with Crippen LogP contribution in [0.3, 0.4) is 0 Å². The van der Waals surface area contributed by atoms with Crippen molar-refractivity contribution in [2.24, 2.45) is 4.99 Å². The molecule has 0 N–H and O–H groups in total. The Kier molecular flexibility index (Phi) is 2.65. The molecule has 2 atom stereocenters. The van der Waals surface area contributed by atoms with Crippen molar-refractivity contribution in [3.63, 3.8) is 0 Å². The number of sulfonamides is 1. The van der Waals surface area contributed by atoms with E-state index in [-0.39, 0.29) is 23.5 Å². The van der Waals surface area contributed by atoms with Crippen LogP contribution in [0, 0.1) is 15.9 Å². The highest BCUT2D eigenvalue weighted by molar-refractivity contribution is 7.90. The molecular weight excluding hydrogens is 301 g/mol. The Morgan fingerprint density at radius 2 is 2.19 bits per heavy atom. The Balaban J connectivity index is 2.19. The lowest BCUT2D eigenvalue weighted by Crippen LogP contribution is -2.41. The fourth-order valence-electron chi connectivity index (χ4n) is 2.73. The molecule has 1 saturated carbocycles. The van der Waals surface area contributed by atoms with Crippen molar-refractivity contribution >= 4 is 21.5 Å². The van der Waals surface area contributed by atoms with E-state index in [9.17, 15) is 22.9 Å². The lowest BCUT2D eigenvalue weighted by molar-refractivity contribution is -0.385. The van der Waals surface area contributed by atoms with Gasteiger partial charge in [-0.15, -0.1) is 0 Å². The van der Waals surface area contributed by atoms with Gasteiger partial charge in [0.25, 0.3) is 5.69 Å². The zero-order valence-electron chi connectivity index (χ0n) is 11.3. The van der Waals surface area contributed by atoms with Crippen molar-refractivity contribution in [3.8, 4) is 0 Å². The molecule has 112 valence electrons. The summed E-state index contributed by atoms with van der Waals surface area (Å²) < 4.78 is 39.7. The molecule has 1 aromatic rings. The van der Waals surface area contributed by atoms with E-state index < -0.39 is 31.6 Å². The molecule has 2 aliphatic rings. The second-order valence-electron chi connectivity index (χ2n) is 5.21. The predicted molar refractivity (Wildman–Crippen MR) is 72.9 cm³/mol. The molecule has 1 aromatic carbocycles. The number of nitrogens with zero attached hydrogens (tertiary/aromatic N) is 3. The van der Waals surface area contributed by atoms with Crippen LogP contribution in [0.25, 0.3) is 0 Å². The summed E-state index contributed by atoms with van der Waals surface area (Å²) in [4.78, 5) is 14.5. The van der Waals surface area contributed by atoms with Crippen LogP contribution in [0.15, 0.2) is 23.2 Å². The summed E-state index contributed by atoms with van der Waals surface area (Å²) in [5, 5.41) is 9.96. The topological polar surface area (TPSA) is 92.9 Å². The third kappa shape index (κ3) is 1.76. The Bertz CT molecular complexity index is 792. The normalized spacial score (nSPS) is 29.6. The van der Waals surface area contributed by atoms with Crippen molar-refractivity contribution < 1.29 is 17.7 Å². The number of aliphatic imine (C=N–C) groups is 1. The molecule has 9 heteroatoms. The van der Waals surface area contributed by atoms with Crippen LogP contribution in [-0.2, 0) is 15.6 Å². The summed E-state index contributed by atoms with van der Waals surface area (Å²) in [6.45, 7) is 1.52. The highest BCUT2D eigenvalue weighted by Crippen LogP contribution is 2.57. The van der Waals surface area contributed by atoms with Gasteiger partial charge >= 0.3 is 0 Å². The Morgan fingerprint density at radius 3 is 2.81 bits per heavy atom. The SMILES string of the molecule is CC1=NC2(c3cc([N+](=O)[O-])ccc3F)CC2S(=O)(=O)N1C. The number of halogens is 1. The Labute approximate surface area is 120 Å². The van der Waals surface area contributed by atoms with Gasteiger partial charge in [-0.2, -0.15) is 0 Å². The predicted octanol–water partition coefficient (Wildman–Crippen LogP) is 1.40. The second-order valence-corrected chi connectivity index (χ2v) is 7.36. The average Bonchev–Trinajstić information content (AvgIpc) is 3.13. The maximum absolute atomic E-state index is 14.1. The Morgan fingerprint density at radius 1 is 1.52 bits per heavy atom. The van der Waals surface area contributed by atoms with E-state index in [4.69, 9.17) is 0 Å². The van der Waals surface area contributed by atoms with Crippen molar-refractivity contribution in [1.82, 2.24) is 4.31 Å². The molecule has 0 amide bonds. The number of rotatable bonds is 2. The van der Waals surface area contributed by atoms with Crippen LogP contribution in [0.1, 0.15) is 18.9 Å². The van der Waals surface area contributed by atoms with Crippen LogP contribution in [0.4, 0.5) is 10.1 Å². The number of amidine groups is 1. The van der Waals surface area contributed by atoms with Gasteiger partial charge in [-0.3, -0.25) is 19.4 Å². The van der Waals surface area contributed by atoms with Gasteiger partial charge in [0.2, 0.25) is 10.0 Å². The van der Waals surface area contributed by atoms with Gasteiger partial charge in [-0.1, -0.05) is 0 Å². The number of nitro groups is 1. The summed E-state index contributed by atoms with van der Waals surface area (Å²) in [5.41, 5.74) is -1.54. The molecule has 0 saturated heterocycles. The van der Waals surface area contributed by atoms with E-state index in [1.54, 1.807) is 0 Å². The molecule has 0 radical (unpaired) electrons. The smallest absolute Gasteiger partial charge is 0.261 e. The van der Waals surface area contributed by atoms with Crippen molar-refractivity contribution in [2.75, 3.05) is 7.05 Å². The summed E-state index contributed by atoms with van der Waals surface area (Å²) in [6, 6.07) is 3.10. The van der Waals surface area contributed by atoms with Crippen LogP contribution in [0.2, 0.25) is 0 Å². The molecule has 1 aliphatic heterocycles. The minimum atomic E-state index is -3.61. The van der Waals surface area contributed by atoms with Gasteiger partial charge in [-0.05, 0) is 19.4 Å². The molecule has 0 bridgehead atoms. The maximum atomic E-state index is 14.1. The number of fused-ring (bicyclic) bond motifs is 1. The van der Waals surface area contributed by atoms with E-state index >= 15 is 0 Å². The van der Waals surface area contributed by atoms with Crippen LogP contribution >= 0.6 is 0 Å². The fraction of sp³-hybridized carbons (Fsp3) is 0.417. The standard InChI is InChI=1S/C12H12FN3O4S/c1-7-14-12(6-11(12)21(19,20)15(7)2)9-5-8(16(17)18)3-4-10(9)13/h3-5,11H,6H2,1-2H3. The third-order valence-corrected chi connectivity index (χ3v) is 6.36. The first kappa shape index (κ1) is 13.9. The molecule has 3 rings (SSSR count). The minimum Gasteiger partial charge on any atom is -0.261 e. The van der Waals surface area contributed by atoms with Crippen LogP contribution in [0.5, 0.6) is 0 Å². The maximum Gasteiger partial charge on any atom is 0.270 e. The summed E-state index contributed by atoms with van der Waals surface area (Å²) >= 11 is 0. The number of nitro benzene ring substituents is 1. The van der Waals surface area contributed by atoms with Crippen LogP contribution < -0.4 is 0 Å². The number of non-ortho nitro benzene ring substituents is 1. The van der Waals surface area contributed by atoms with Gasteiger partial charge < -0.3 is 0 Å². The van der Waals surface area contributed by atoms with Crippen molar-refractivity contribution in [2.45, 2.75) is 24.1 Å².